The van der Waals surface area contributed by atoms with Gasteiger partial charge in [-0.15, -0.1) is 0 Å². The number of rotatable bonds is 2. The molecule has 3 nitrogen and oxygen atoms in total. The number of benzene rings is 1. The summed E-state index contributed by atoms with van der Waals surface area (Å²) in [5.41, 5.74) is 0.607. The Kier molecular flexibility index (Phi) is 2.83. The molecule has 0 saturated carbocycles. The zero-order valence-electron chi connectivity index (χ0n) is 7.24. The number of ether oxygens (including phenoxy) is 1. The van der Waals surface area contributed by atoms with E-state index in [1.165, 1.54) is 13.2 Å². The molecule has 0 radical (unpaired) electrons. The first-order valence-corrected chi connectivity index (χ1v) is 5.85. The van der Waals surface area contributed by atoms with Crippen LogP contribution in [0, 0.1) is 6.92 Å². The second-order valence-corrected chi connectivity index (χ2v) is 5.10. The van der Waals surface area contributed by atoms with E-state index < -0.39 is 9.05 Å². The van der Waals surface area contributed by atoms with Gasteiger partial charge in [0, 0.05) is 16.7 Å². The molecule has 0 N–H and O–H groups in total. The Bertz CT molecular complexity index is 411. The molecule has 0 aliphatic carbocycles. The van der Waals surface area contributed by atoms with Crippen LogP contribution in [-0.4, -0.2) is 15.5 Å². The van der Waals surface area contributed by atoms with Crippen LogP contribution in [0.15, 0.2) is 23.1 Å². The Balaban J connectivity index is 3.36. The van der Waals surface area contributed by atoms with Crippen LogP contribution in [0.4, 0.5) is 0 Å². The largest absolute Gasteiger partial charge is 0.497 e. The molecule has 5 heteroatoms. The molecular weight excluding hydrogens is 212 g/mol. The molecule has 0 unspecified atom stereocenters. The summed E-state index contributed by atoms with van der Waals surface area (Å²) in [6.45, 7) is 1.68. The van der Waals surface area contributed by atoms with Gasteiger partial charge in [0.2, 0.25) is 0 Å². The molecule has 0 heterocycles. The van der Waals surface area contributed by atoms with Gasteiger partial charge in [-0.1, -0.05) is 6.07 Å². The van der Waals surface area contributed by atoms with Crippen molar-refractivity contribution in [2.24, 2.45) is 0 Å². The first kappa shape index (κ1) is 10.3. The van der Waals surface area contributed by atoms with E-state index in [1.807, 2.05) is 0 Å². The summed E-state index contributed by atoms with van der Waals surface area (Å²) in [6.07, 6.45) is 0. The number of hydrogen-bond acceptors (Lipinski definition) is 3. The zero-order chi connectivity index (χ0) is 10.1. The molecule has 0 bridgehead atoms. The third-order valence-corrected chi connectivity index (χ3v) is 3.12. The summed E-state index contributed by atoms with van der Waals surface area (Å²) in [5, 5.41) is 0. The molecule has 0 atom stereocenters. The Morgan fingerprint density at radius 1 is 1.38 bits per heavy atom. The highest BCUT2D eigenvalue weighted by Gasteiger charge is 2.13. The summed E-state index contributed by atoms with van der Waals surface area (Å²) >= 11 is 0. The van der Waals surface area contributed by atoms with Crippen molar-refractivity contribution >= 4 is 19.7 Å². The van der Waals surface area contributed by atoms with E-state index in [0.29, 0.717) is 11.3 Å². The van der Waals surface area contributed by atoms with Crippen LogP contribution in [-0.2, 0) is 9.05 Å². The molecule has 1 aromatic rings. The van der Waals surface area contributed by atoms with Crippen LogP contribution < -0.4 is 4.74 Å². The average Bonchev–Trinajstić information content (AvgIpc) is 2.03. The fourth-order valence-corrected chi connectivity index (χ4v) is 2.18. The Labute approximate surface area is 81.7 Å². The Morgan fingerprint density at radius 3 is 2.46 bits per heavy atom. The molecule has 13 heavy (non-hydrogen) atoms. The van der Waals surface area contributed by atoms with Crippen molar-refractivity contribution in [3.63, 3.8) is 0 Å². The van der Waals surface area contributed by atoms with Crippen molar-refractivity contribution in [2.45, 2.75) is 11.8 Å². The number of methoxy groups -OCH3 is 1. The maximum Gasteiger partial charge on any atom is 0.261 e. The van der Waals surface area contributed by atoms with Crippen molar-refractivity contribution in [3.05, 3.63) is 23.8 Å². The van der Waals surface area contributed by atoms with Gasteiger partial charge in [-0.05, 0) is 18.6 Å². The van der Waals surface area contributed by atoms with E-state index >= 15 is 0 Å². The lowest BCUT2D eigenvalue weighted by atomic mass is 10.2. The summed E-state index contributed by atoms with van der Waals surface area (Å²) in [6, 6.07) is 4.73. The number of aryl methyl sites for hydroxylation is 1. The fraction of sp³-hybridized carbons (Fsp3) is 0.250. The minimum absolute atomic E-state index is 0.0912. The maximum absolute atomic E-state index is 11.0. The summed E-state index contributed by atoms with van der Waals surface area (Å²) < 4.78 is 26.9. The second-order valence-electron chi connectivity index (χ2n) is 2.57. The first-order valence-electron chi connectivity index (χ1n) is 3.54. The fourth-order valence-electron chi connectivity index (χ4n) is 0.970. The maximum atomic E-state index is 11.0. The standard InChI is InChI=1S/C8H9ClO3S/c1-6-3-4-7(12-2)5-8(6)13(9,10)11/h3-5H,1-2H3. The van der Waals surface area contributed by atoms with E-state index in [4.69, 9.17) is 15.4 Å². The highest BCUT2D eigenvalue weighted by Crippen LogP contribution is 2.24. The predicted molar refractivity (Wildman–Crippen MR) is 50.8 cm³/mol. The van der Waals surface area contributed by atoms with Gasteiger partial charge in [-0.2, -0.15) is 0 Å². The van der Waals surface area contributed by atoms with Gasteiger partial charge in [-0.3, -0.25) is 0 Å². The predicted octanol–water partition coefficient (Wildman–Crippen LogP) is 1.93. The van der Waals surface area contributed by atoms with Gasteiger partial charge >= 0.3 is 0 Å². The lowest BCUT2D eigenvalue weighted by Gasteiger charge is -2.04. The highest BCUT2D eigenvalue weighted by atomic mass is 35.7. The Hall–Kier alpha value is -0.740. The van der Waals surface area contributed by atoms with Crippen LogP contribution >= 0.6 is 10.7 Å². The van der Waals surface area contributed by atoms with Crippen molar-refractivity contribution in [3.8, 4) is 5.75 Å². The molecule has 0 amide bonds. The smallest absolute Gasteiger partial charge is 0.261 e. The van der Waals surface area contributed by atoms with Gasteiger partial charge in [0.05, 0.1) is 12.0 Å². The third-order valence-electron chi connectivity index (χ3n) is 1.66. The molecular formula is C8H9ClO3S. The topological polar surface area (TPSA) is 43.4 Å². The van der Waals surface area contributed by atoms with E-state index in [0.717, 1.165) is 0 Å². The van der Waals surface area contributed by atoms with Gasteiger partial charge in [0.1, 0.15) is 5.75 Å². The molecule has 0 fully saturated rings. The van der Waals surface area contributed by atoms with E-state index in [9.17, 15) is 8.42 Å². The summed E-state index contributed by atoms with van der Waals surface area (Å²) in [4.78, 5) is 0.0912. The molecule has 72 valence electrons. The van der Waals surface area contributed by atoms with Crippen molar-refractivity contribution in [1.82, 2.24) is 0 Å². The SMILES string of the molecule is COc1ccc(C)c(S(=O)(=O)Cl)c1. The highest BCUT2D eigenvalue weighted by molar-refractivity contribution is 8.13. The summed E-state index contributed by atoms with van der Waals surface area (Å²) in [5.74, 6) is 0.477. The van der Waals surface area contributed by atoms with Gasteiger partial charge in [0.25, 0.3) is 9.05 Å². The average molecular weight is 221 g/mol. The van der Waals surface area contributed by atoms with Crippen LogP contribution in [0.2, 0.25) is 0 Å². The van der Waals surface area contributed by atoms with Crippen LogP contribution in [0.1, 0.15) is 5.56 Å². The molecule has 1 aromatic carbocycles. The monoisotopic (exact) mass is 220 g/mol. The summed E-state index contributed by atoms with van der Waals surface area (Å²) in [7, 11) is 3.00. The van der Waals surface area contributed by atoms with E-state index in [-0.39, 0.29) is 4.90 Å². The van der Waals surface area contributed by atoms with Crippen molar-refractivity contribution in [1.29, 1.82) is 0 Å². The number of hydrogen-bond donors (Lipinski definition) is 0. The molecule has 0 aromatic heterocycles. The minimum Gasteiger partial charge on any atom is -0.497 e. The molecule has 0 aliphatic heterocycles. The normalized spacial score (nSPS) is 11.3. The minimum atomic E-state index is -3.67. The lowest BCUT2D eigenvalue weighted by Crippen LogP contribution is -1.95. The number of halogens is 1. The van der Waals surface area contributed by atoms with Crippen molar-refractivity contribution in [2.75, 3.05) is 7.11 Å². The van der Waals surface area contributed by atoms with Gasteiger partial charge in [0.15, 0.2) is 0 Å². The molecule has 0 spiro atoms. The van der Waals surface area contributed by atoms with Crippen LogP contribution in [0.3, 0.4) is 0 Å². The first-order chi connectivity index (χ1) is 5.95. The lowest BCUT2D eigenvalue weighted by molar-refractivity contribution is 0.413. The Morgan fingerprint density at radius 2 is 2.00 bits per heavy atom. The second kappa shape index (κ2) is 3.55. The van der Waals surface area contributed by atoms with E-state index in [2.05, 4.69) is 0 Å². The van der Waals surface area contributed by atoms with Crippen molar-refractivity contribution < 1.29 is 13.2 Å². The molecule has 0 saturated heterocycles. The third kappa shape index (κ3) is 2.35. The van der Waals surface area contributed by atoms with Gasteiger partial charge in [-0.25, -0.2) is 8.42 Å². The van der Waals surface area contributed by atoms with Gasteiger partial charge < -0.3 is 4.74 Å². The zero-order valence-corrected chi connectivity index (χ0v) is 8.82. The quantitative estimate of drug-likeness (QED) is 0.716. The molecule has 0 aliphatic rings. The van der Waals surface area contributed by atoms with E-state index in [1.54, 1.807) is 19.1 Å². The van der Waals surface area contributed by atoms with Crippen LogP contribution in [0.25, 0.3) is 0 Å². The molecule has 1 rings (SSSR count). The van der Waals surface area contributed by atoms with Crippen LogP contribution in [0.5, 0.6) is 5.75 Å².